The topological polar surface area (TPSA) is 33.7 Å². The number of hydrogen-bond donors (Lipinski definition) is 1. The second-order valence-electron chi connectivity index (χ2n) is 10.1. The highest BCUT2D eigenvalue weighted by atomic mass is 16.5. The molecule has 37 heavy (non-hydrogen) atoms. The molecule has 1 heterocycles. The smallest absolute Gasteiger partial charge is 0.122 e. The standard InChI is InChI=1S/C33H44N2O2/c1-4-31(28-14-6-5-7-15-28)34-20-12-24-36-32-18-10-16-29(26(32)2)30-17-11-19-33(27(30)3)37-25-13-23-35-21-8-9-22-35/h5-7,10-11,14-19,31,34H,4,8-9,12-13,20-25H2,1-3H3. The van der Waals surface area contributed by atoms with Crippen LogP contribution in [0.3, 0.4) is 0 Å². The average Bonchev–Trinajstić information content (AvgIpc) is 3.45. The maximum atomic E-state index is 6.24. The highest BCUT2D eigenvalue weighted by Crippen LogP contribution is 2.35. The van der Waals surface area contributed by atoms with Crippen molar-refractivity contribution in [3.63, 3.8) is 0 Å². The molecule has 0 aliphatic carbocycles. The fourth-order valence-corrected chi connectivity index (χ4v) is 5.32. The first-order chi connectivity index (χ1) is 18.2. The zero-order chi connectivity index (χ0) is 25.9. The first-order valence-corrected chi connectivity index (χ1v) is 14.1. The van der Waals surface area contributed by atoms with Crippen molar-refractivity contribution in [2.45, 2.75) is 58.9 Å². The fourth-order valence-electron chi connectivity index (χ4n) is 5.32. The lowest BCUT2D eigenvalue weighted by Gasteiger charge is -2.19. The van der Waals surface area contributed by atoms with E-state index >= 15 is 0 Å². The van der Waals surface area contributed by atoms with Crippen LogP contribution in [0, 0.1) is 13.8 Å². The van der Waals surface area contributed by atoms with Crippen molar-refractivity contribution in [1.82, 2.24) is 10.2 Å². The molecule has 1 aliphatic heterocycles. The summed E-state index contributed by atoms with van der Waals surface area (Å²) in [6, 6.07) is 23.8. The molecule has 0 spiro atoms. The quantitative estimate of drug-likeness (QED) is 0.235. The first kappa shape index (κ1) is 27.2. The highest BCUT2D eigenvalue weighted by Gasteiger charge is 2.14. The summed E-state index contributed by atoms with van der Waals surface area (Å²) in [5.41, 5.74) is 6.16. The summed E-state index contributed by atoms with van der Waals surface area (Å²) in [5, 5.41) is 3.68. The monoisotopic (exact) mass is 500 g/mol. The van der Waals surface area contributed by atoms with Crippen LogP contribution >= 0.6 is 0 Å². The summed E-state index contributed by atoms with van der Waals surface area (Å²) in [7, 11) is 0. The number of hydrogen-bond acceptors (Lipinski definition) is 4. The predicted molar refractivity (Wildman–Crippen MR) is 155 cm³/mol. The summed E-state index contributed by atoms with van der Waals surface area (Å²) in [6.07, 6.45) is 5.80. The third-order valence-corrected chi connectivity index (χ3v) is 7.51. The molecule has 4 heteroatoms. The molecular weight excluding hydrogens is 456 g/mol. The Morgan fingerprint density at radius 2 is 1.35 bits per heavy atom. The zero-order valence-electron chi connectivity index (χ0n) is 23.0. The maximum Gasteiger partial charge on any atom is 0.122 e. The summed E-state index contributed by atoms with van der Waals surface area (Å²) in [6.45, 7) is 12.6. The van der Waals surface area contributed by atoms with Crippen molar-refractivity contribution in [3.05, 3.63) is 83.4 Å². The van der Waals surface area contributed by atoms with E-state index in [0.717, 1.165) is 50.5 Å². The lowest BCUT2D eigenvalue weighted by molar-refractivity contribution is 0.262. The Labute approximate surface area is 224 Å². The maximum absolute atomic E-state index is 6.24. The molecule has 0 radical (unpaired) electrons. The number of rotatable bonds is 14. The van der Waals surface area contributed by atoms with Gasteiger partial charge < -0.3 is 19.7 Å². The van der Waals surface area contributed by atoms with Crippen LogP contribution in [-0.2, 0) is 0 Å². The lowest BCUT2D eigenvalue weighted by atomic mass is 9.95. The molecule has 4 nitrogen and oxygen atoms in total. The minimum Gasteiger partial charge on any atom is -0.493 e. The minimum absolute atomic E-state index is 0.393. The Kier molecular flexibility index (Phi) is 10.5. The Morgan fingerprint density at radius 3 is 1.95 bits per heavy atom. The molecule has 0 aromatic heterocycles. The van der Waals surface area contributed by atoms with E-state index in [4.69, 9.17) is 9.47 Å². The van der Waals surface area contributed by atoms with Gasteiger partial charge in [0.25, 0.3) is 0 Å². The number of ether oxygens (including phenoxy) is 2. The van der Waals surface area contributed by atoms with Gasteiger partial charge in [0.05, 0.1) is 13.2 Å². The van der Waals surface area contributed by atoms with E-state index in [1.807, 2.05) is 0 Å². The van der Waals surface area contributed by atoms with Gasteiger partial charge >= 0.3 is 0 Å². The van der Waals surface area contributed by atoms with E-state index in [9.17, 15) is 0 Å². The number of nitrogens with zero attached hydrogens (tertiary/aromatic N) is 1. The molecule has 3 aromatic carbocycles. The molecule has 1 atom stereocenters. The molecular formula is C33H44N2O2. The third kappa shape index (κ3) is 7.59. The Balaban J connectivity index is 1.30. The van der Waals surface area contributed by atoms with Crippen LogP contribution in [0.4, 0.5) is 0 Å². The van der Waals surface area contributed by atoms with Gasteiger partial charge in [0, 0.05) is 12.6 Å². The molecule has 1 fully saturated rings. The largest absolute Gasteiger partial charge is 0.493 e. The van der Waals surface area contributed by atoms with E-state index in [0.29, 0.717) is 12.6 Å². The van der Waals surface area contributed by atoms with Crippen molar-refractivity contribution < 1.29 is 9.47 Å². The van der Waals surface area contributed by atoms with Gasteiger partial charge in [0.1, 0.15) is 11.5 Å². The Bertz CT molecular complexity index is 1090. The van der Waals surface area contributed by atoms with Gasteiger partial charge in [-0.1, -0.05) is 61.5 Å². The van der Waals surface area contributed by atoms with Gasteiger partial charge in [0.15, 0.2) is 0 Å². The molecule has 1 saturated heterocycles. The zero-order valence-corrected chi connectivity index (χ0v) is 23.0. The molecule has 0 amide bonds. The summed E-state index contributed by atoms with van der Waals surface area (Å²) in [5.74, 6) is 1.95. The molecule has 1 N–H and O–H groups in total. The van der Waals surface area contributed by atoms with Crippen LogP contribution in [0.15, 0.2) is 66.7 Å². The van der Waals surface area contributed by atoms with Crippen molar-refractivity contribution >= 4 is 0 Å². The molecule has 4 rings (SSSR count). The average molecular weight is 501 g/mol. The SMILES string of the molecule is CCC(NCCCOc1cccc(-c2cccc(OCCCN3CCCC3)c2C)c1C)c1ccccc1. The van der Waals surface area contributed by atoms with Gasteiger partial charge in [-0.05, 0) is 106 Å². The van der Waals surface area contributed by atoms with Crippen LogP contribution in [0.25, 0.3) is 11.1 Å². The number of likely N-dealkylation sites (tertiary alicyclic amines) is 1. The second kappa shape index (κ2) is 14.2. The normalized spacial score (nSPS) is 14.6. The van der Waals surface area contributed by atoms with Crippen molar-refractivity contribution in [2.75, 3.05) is 39.4 Å². The highest BCUT2D eigenvalue weighted by molar-refractivity contribution is 5.74. The molecule has 198 valence electrons. The van der Waals surface area contributed by atoms with E-state index < -0.39 is 0 Å². The van der Waals surface area contributed by atoms with Crippen LogP contribution < -0.4 is 14.8 Å². The van der Waals surface area contributed by atoms with E-state index in [1.165, 1.54) is 53.7 Å². The second-order valence-corrected chi connectivity index (χ2v) is 10.1. The molecule has 1 unspecified atom stereocenters. The lowest BCUT2D eigenvalue weighted by Crippen LogP contribution is -2.23. The van der Waals surface area contributed by atoms with Crippen LogP contribution in [0.1, 0.15) is 61.8 Å². The van der Waals surface area contributed by atoms with Crippen LogP contribution in [0.2, 0.25) is 0 Å². The molecule has 1 aliphatic rings. The van der Waals surface area contributed by atoms with E-state index in [-0.39, 0.29) is 0 Å². The van der Waals surface area contributed by atoms with Gasteiger partial charge in [0.2, 0.25) is 0 Å². The van der Waals surface area contributed by atoms with Gasteiger partial charge in [-0.2, -0.15) is 0 Å². The Morgan fingerprint density at radius 1 is 0.757 bits per heavy atom. The fraction of sp³-hybridized carbons (Fsp3) is 0.455. The minimum atomic E-state index is 0.393. The Hall–Kier alpha value is -2.82. The predicted octanol–water partition coefficient (Wildman–Crippen LogP) is 7.34. The first-order valence-electron chi connectivity index (χ1n) is 14.1. The van der Waals surface area contributed by atoms with Gasteiger partial charge in [-0.25, -0.2) is 0 Å². The van der Waals surface area contributed by atoms with Crippen molar-refractivity contribution in [2.24, 2.45) is 0 Å². The van der Waals surface area contributed by atoms with Gasteiger partial charge in [-0.15, -0.1) is 0 Å². The van der Waals surface area contributed by atoms with E-state index in [1.54, 1.807) is 0 Å². The van der Waals surface area contributed by atoms with Crippen molar-refractivity contribution in [1.29, 1.82) is 0 Å². The molecule has 0 saturated carbocycles. The van der Waals surface area contributed by atoms with Gasteiger partial charge in [-0.3, -0.25) is 0 Å². The van der Waals surface area contributed by atoms with Crippen molar-refractivity contribution in [3.8, 4) is 22.6 Å². The van der Waals surface area contributed by atoms with E-state index in [2.05, 4.69) is 97.7 Å². The number of benzene rings is 3. The van der Waals surface area contributed by atoms with Crippen LogP contribution in [-0.4, -0.2) is 44.3 Å². The molecule has 0 bridgehead atoms. The molecule has 3 aromatic rings. The summed E-state index contributed by atoms with van der Waals surface area (Å²) < 4.78 is 12.5. The third-order valence-electron chi connectivity index (χ3n) is 7.51. The number of nitrogens with one attached hydrogen (secondary N) is 1. The summed E-state index contributed by atoms with van der Waals surface area (Å²) >= 11 is 0. The summed E-state index contributed by atoms with van der Waals surface area (Å²) in [4.78, 5) is 2.54. The van der Waals surface area contributed by atoms with Crippen LogP contribution in [0.5, 0.6) is 11.5 Å².